The van der Waals surface area contributed by atoms with Crippen LogP contribution >= 0.6 is 11.8 Å². The zero-order valence-corrected chi connectivity index (χ0v) is 10.8. The van der Waals surface area contributed by atoms with E-state index in [1.165, 1.54) is 24.3 Å². The molecule has 0 aliphatic carbocycles. The Balaban J connectivity index is 1.74. The third-order valence-electron chi connectivity index (χ3n) is 3.87. The lowest BCUT2D eigenvalue weighted by Crippen LogP contribution is -2.43. The summed E-state index contributed by atoms with van der Waals surface area (Å²) in [6.45, 7) is 0.856. The minimum absolute atomic E-state index is 0.120. The molecule has 4 nitrogen and oxygen atoms in total. The Morgan fingerprint density at radius 3 is 3.00 bits per heavy atom. The van der Waals surface area contributed by atoms with Crippen LogP contribution in [-0.4, -0.2) is 33.5 Å². The van der Waals surface area contributed by atoms with Gasteiger partial charge in [0.25, 0.3) is 0 Å². The van der Waals surface area contributed by atoms with E-state index in [0.717, 1.165) is 25.1 Å². The normalized spacial score (nSPS) is 28.4. The molecule has 1 aromatic rings. The maximum atomic E-state index is 6.08. The quantitative estimate of drug-likeness (QED) is 0.832. The molecule has 3 heterocycles. The Hall–Kier alpha value is -0.680. The highest BCUT2D eigenvalue weighted by Gasteiger charge is 2.39. The predicted octanol–water partition coefficient (Wildman–Crippen LogP) is 2.08. The van der Waals surface area contributed by atoms with Gasteiger partial charge in [-0.25, -0.2) is 0 Å². The molecule has 1 spiro atoms. The largest absolute Gasteiger partial charge is 0.396 e. The van der Waals surface area contributed by atoms with Crippen molar-refractivity contribution in [1.29, 1.82) is 0 Å². The molecular weight excluding hydrogens is 234 g/mol. The monoisotopic (exact) mass is 253 g/mol. The first-order valence-corrected chi connectivity index (χ1v) is 7.44. The number of nitrogen functional groups attached to an aromatic ring is 1. The van der Waals surface area contributed by atoms with Crippen LogP contribution in [0.15, 0.2) is 12.4 Å². The summed E-state index contributed by atoms with van der Waals surface area (Å²) in [6.07, 6.45) is 8.20. The van der Waals surface area contributed by atoms with Crippen LogP contribution in [0.2, 0.25) is 0 Å². The highest BCUT2D eigenvalue weighted by Crippen LogP contribution is 2.41. The van der Waals surface area contributed by atoms with Crippen LogP contribution in [0.5, 0.6) is 0 Å². The second kappa shape index (κ2) is 4.53. The van der Waals surface area contributed by atoms with Gasteiger partial charge in [-0.3, -0.25) is 4.68 Å². The Bertz CT molecular complexity index is 381. The molecule has 1 unspecified atom stereocenters. The van der Waals surface area contributed by atoms with Gasteiger partial charge in [-0.1, -0.05) is 0 Å². The summed E-state index contributed by atoms with van der Waals surface area (Å²) in [7, 11) is 0. The molecule has 1 atom stereocenters. The molecule has 0 amide bonds. The molecule has 2 aliphatic heterocycles. The minimum Gasteiger partial charge on any atom is -0.396 e. The van der Waals surface area contributed by atoms with Gasteiger partial charge in [0.15, 0.2) is 0 Å². The topological polar surface area (TPSA) is 53.1 Å². The molecule has 1 aromatic heterocycles. The Kier molecular flexibility index (Phi) is 3.04. The first-order valence-electron chi connectivity index (χ1n) is 6.29. The Labute approximate surface area is 106 Å². The van der Waals surface area contributed by atoms with Crippen LogP contribution in [0.3, 0.4) is 0 Å². The van der Waals surface area contributed by atoms with Gasteiger partial charge in [0.1, 0.15) is 0 Å². The second-order valence-electron chi connectivity index (χ2n) is 5.04. The molecule has 2 aliphatic rings. The van der Waals surface area contributed by atoms with Gasteiger partial charge in [-0.05, 0) is 37.2 Å². The number of anilines is 1. The summed E-state index contributed by atoms with van der Waals surface area (Å²) in [5, 5.41) is 4.35. The molecule has 17 heavy (non-hydrogen) atoms. The van der Waals surface area contributed by atoms with Gasteiger partial charge >= 0.3 is 0 Å². The average molecular weight is 253 g/mol. The van der Waals surface area contributed by atoms with E-state index < -0.39 is 0 Å². The fourth-order valence-corrected chi connectivity index (χ4v) is 4.11. The van der Waals surface area contributed by atoms with E-state index in [1.54, 1.807) is 6.20 Å². The van der Waals surface area contributed by atoms with Gasteiger partial charge in [-0.15, -0.1) is 0 Å². The Morgan fingerprint density at radius 2 is 2.29 bits per heavy atom. The zero-order chi connectivity index (χ0) is 11.7. The molecule has 94 valence electrons. The summed E-state index contributed by atoms with van der Waals surface area (Å²) in [6, 6.07) is 0.462. The lowest BCUT2D eigenvalue weighted by molar-refractivity contribution is -0.100. The molecule has 0 saturated carbocycles. The lowest BCUT2D eigenvalue weighted by Gasteiger charge is -2.43. The average Bonchev–Trinajstić information content (AvgIpc) is 2.77. The third kappa shape index (κ3) is 2.31. The molecular formula is C12H19N3OS. The molecule has 0 aromatic carbocycles. The number of nitrogens with zero attached hydrogens (tertiary/aromatic N) is 2. The van der Waals surface area contributed by atoms with Gasteiger partial charge < -0.3 is 10.5 Å². The maximum Gasteiger partial charge on any atom is 0.0719 e. The molecule has 0 radical (unpaired) electrons. The van der Waals surface area contributed by atoms with E-state index in [4.69, 9.17) is 10.5 Å². The summed E-state index contributed by atoms with van der Waals surface area (Å²) >= 11 is 2.04. The standard InChI is InChI=1S/C12H19N3OS/c13-10-8-14-15(9-10)11-1-4-16-12(7-11)2-5-17-6-3-12/h8-9,11H,1-7,13H2. The molecule has 5 heteroatoms. The van der Waals surface area contributed by atoms with Crippen molar-refractivity contribution in [3.8, 4) is 0 Å². The first kappa shape index (κ1) is 11.4. The summed E-state index contributed by atoms with van der Waals surface area (Å²) in [4.78, 5) is 0. The van der Waals surface area contributed by atoms with E-state index in [0.29, 0.717) is 6.04 Å². The van der Waals surface area contributed by atoms with Crippen LogP contribution < -0.4 is 5.73 Å². The van der Waals surface area contributed by atoms with Crippen molar-refractivity contribution in [3.05, 3.63) is 12.4 Å². The van der Waals surface area contributed by atoms with Crippen molar-refractivity contribution in [2.75, 3.05) is 23.8 Å². The molecule has 2 fully saturated rings. The number of hydrogen-bond acceptors (Lipinski definition) is 4. The van der Waals surface area contributed by atoms with Crippen molar-refractivity contribution in [2.45, 2.75) is 37.3 Å². The van der Waals surface area contributed by atoms with Gasteiger partial charge in [0, 0.05) is 12.8 Å². The van der Waals surface area contributed by atoms with Crippen molar-refractivity contribution in [1.82, 2.24) is 9.78 Å². The zero-order valence-electron chi connectivity index (χ0n) is 9.97. The van der Waals surface area contributed by atoms with Crippen molar-refractivity contribution < 1.29 is 4.74 Å². The molecule has 0 bridgehead atoms. The lowest BCUT2D eigenvalue weighted by atomic mass is 9.85. The van der Waals surface area contributed by atoms with Gasteiger partial charge in [0.05, 0.1) is 23.5 Å². The molecule has 2 N–H and O–H groups in total. The van der Waals surface area contributed by atoms with E-state index in [2.05, 4.69) is 5.10 Å². The number of nitrogens with two attached hydrogens (primary N) is 1. The van der Waals surface area contributed by atoms with Crippen LogP contribution in [-0.2, 0) is 4.74 Å². The number of hydrogen-bond donors (Lipinski definition) is 1. The summed E-state index contributed by atoms with van der Waals surface area (Å²) < 4.78 is 8.11. The predicted molar refractivity (Wildman–Crippen MR) is 70.2 cm³/mol. The fourth-order valence-electron chi connectivity index (χ4n) is 2.87. The van der Waals surface area contributed by atoms with Crippen LogP contribution in [0.4, 0.5) is 5.69 Å². The SMILES string of the molecule is Nc1cnn(C2CCOC3(CCSCC3)C2)c1. The van der Waals surface area contributed by atoms with E-state index >= 15 is 0 Å². The number of thioether (sulfide) groups is 1. The maximum absolute atomic E-state index is 6.08. The van der Waals surface area contributed by atoms with E-state index in [9.17, 15) is 0 Å². The third-order valence-corrected chi connectivity index (χ3v) is 4.85. The molecule has 2 saturated heterocycles. The number of aromatic nitrogens is 2. The second-order valence-corrected chi connectivity index (χ2v) is 6.27. The number of rotatable bonds is 1. The van der Waals surface area contributed by atoms with Crippen LogP contribution in [0, 0.1) is 0 Å². The Morgan fingerprint density at radius 1 is 1.47 bits per heavy atom. The number of ether oxygens (including phenoxy) is 1. The summed E-state index contributed by atoms with van der Waals surface area (Å²) in [5.41, 5.74) is 6.61. The molecule has 3 rings (SSSR count). The summed E-state index contributed by atoms with van der Waals surface area (Å²) in [5.74, 6) is 2.46. The van der Waals surface area contributed by atoms with Crippen molar-refractivity contribution in [2.24, 2.45) is 0 Å². The van der Waals surface area contributed by atoms with E-state index in [1.807, 2.05) is 22.6 Å². The van der Waals surface area contributed by atoms with Gasteiger partial charge in [-0.2, -0.15) is 16.9 Å². The highest BCUT2D eigenvalue weighted by atomic mass is 32.2. The van der Waals surface area contributed by atoms with Gasteiger partial charge in [0.2, 0.25) is 0 Å². The first-order chi connectivity index (χ1) is 8.27. The van der Waals surface area contributed by atoms with E-state index in [-0.39, 0.29) is 5.60 Å². The van der Waals surface area contributed by atoms with Crippen LogP contribution in [0.25, 0.3) is 0 Å². The van der Waals surface area contributed by atoms with Crippen molar-refractivity contribution in [3.63, 3.8) is 0 Å². The van der Waals surface area contributed by atoms with Crippen LogP contribution in [0.1, 0.15) is 31.7 Å². The minimum atomic E-state index is 0.120. The smallest absolute Gasteiger partial charge is 0.0719 e. The van der Waals surface area contributed by atoms with Crippen molar-refractivity contribution >= 4 is 17.4 Å². The highest BCUT2D eigenvalue weighted by molar-refractivity contribution is 7.99. The fraction of sp³-hybridized carbons (Fsp3) is 0.750.